The predicted octanol–water partition coefficient (Wildman–Crippen LogP) is 2.87. The average molecular weight is 241 g/mol. The van der Waals surface area contributed by atoms with Gasteiger partial charge in [0.2, 0.25) is 0 Å². The number of para-hydroxylation sites is 1. The maximum atomic E-state index is 14.0. The summed E-state index contributed by atoms with van der Waals surface area (Å²) >= 11 is 0. The quantitative estimate of drug-likeness (QED) is 0.852. The first-order valence-corrected chi connectivity index (χ1v) is 5.96. The van der Waals surface area contributed by atoms with E-state index in [1.54, 1.807) is 6.07 Å². The molecule has 0 aromatic heterocycles. The van der Waals surface area contributed by atoms with Crippen molar-refractivity contribution in [2.75, 3.05) is 13.1 Å². The van der Waals surface area contributed by atoms with Crippen LogP contribution in [0.15, 0.2) is 24.3 Å². The molecule has 0 radical (unpaired) electrons. The summed E-state index contributed by atoms with van der Waals surface area (Å²) in [7, 11) is 0. The lowest BCUT2D eigenvalue weighted by molar-refractivity contribution is -0.0335. The van der Waals surface area contributed by atoms with Gasteiger partial charge in [-0.25, -0.2) is 8.78 Å². The highest BCUT2D eigenvalue weighted by Gasteiger charge is 2.37. The summed E-state index contributed by atoms with van der Waals surface area (Å²) in [6, 6.07) is 5.69. The van der Waals surface area contributed by atoms with Gasteiger partial charge < -0.3 is 10.4 Å². The molecule has 0 saturated carbocycles. The monoisotopic (exact) mass is 241 g/mol. The molecule has 1 heterocycles. The van der Waals surface area contributed by atoms with Gasteiger partial charge in [0.25, 0.3) is 5.92 Å². The van der Waals surface area contributed by atoms with E-state index in [1.165, 1.54) is 18.2 Å². The van der Waals surface area contributed by atoms with Gasteiger partial charge in [-0.15, -0.1) is 0 Å². The second kappa shape index (κ2) is 5.00. The molecule has 2 rings (SSSR count). The van der Waals surface area contributed by atoms with Crippen molar-refractivity contribution in [3.63, 3.8) is 0 Å². The third-order valence-corrected chi connectivity index (χ3v) is 3.24. The molecule has 1 aliphatic rings. The zero-order valence-corrected chi connectivity index (χ0v) is 9.63. The molecule has 1 unspecified atom stereocenters. The lowest BCUT2D eigenvalue weighted by Crippen LogP contribution is -2.33. The Balaban J connectivity index is 2.10. The zero-order valence-electron chi connectivity index (χ0n) is 9.63. The molecule has 1 aromatic rings. The number of alkyl halides is 2. The summed E-state index contributed by atoms with van der Waals surface area (Å²) in [4.78, 5) is 0. The van der Waals surface area contributed by atoms with Crippen LogP contribution in [0, 0.1) is 5.92 Å². The van der Waals surface area contributed by atoms with Crippen LogP contribution in [0.5, 0.6) is 5.75 Å². The second-order valence-electron chi connectivity index (χ2n) is 4.64. The maximum absolute atomic E-state index is 14.0. The van der Waals surface area contributed by atoms with Crippen molar-refractivity contribution in [2.24, 2.45) is 5.92 Å². The highest BCUT2D eigenvalue weighted by atomic mass is 19.3. The molecule has 2 N–H and O–H groups in total. The molecule has 1 fully saturated rings. The molecule has 0 aliphatic carbocycles. The number of hydrogen-bond donors (Lipinski definition) is 2. The van der Waals surface area contributed by atoms with E-state index in [1.807, 2.05) is 0 Å². The number of benzene rings is 1. The fourth-order valence-electron chi connectivity index (χ4n) is 2.35. The van der Waals surface area contributed by atoms with Crippen molar-refractivity contribution in [1.29, 1.82) is 0 Å². The van der Waals surface area contributed by atoms with Crippen LogP contribution in [0.4, 0.5) is 8.78 Å². The van der Waals surface area contributed by atoms with Crippen LogP contribution in [0.2, 0.25) is 0 Å². The van der Waals surface area contributed by atoms with Crippen LogP contribution in [0.3, 0.4) is 0 Å². The van der Waals surface area contributed by atoms with Crippen molar-refractivity contribution in [2.45, 2.75) is 25.2 Å². The maximum Gasteiger partial charge on any atom is 0.277 e. The summed E-state index contributed by atoms with van der Waals surface area (Å²) in [5.74, 6) is -3.28. The Bertz CT molecular complexity index is 375. The van der Waals surface area contributed by atoms with E-state index in [-0.39, 0.29) is 23.7 Å². The third kappa shape index (κ3) is 2.94. The number of nitrogens with one attached hydrogen (secondary N) is 1. The summed E-state index contributed by atoms with van der Waals surface area (Å²) in [5, 5.41) is 12.6. The van der Waals surface area contributed by atoms with E-state index >= 15 is 0 Å². The van der Waals surface area contributed by atoms with Gasteiger partial charge in [-0.3, -0.25) is 0 Å². The van der Waals surface area contributed by atoms with Crippen molar-refractivity contribution in [1.82, 2.24) is 5.32 Å². The van der Waals surface area contributed by atoms with Crippen LogP contribution < -0.4 is 5.32 Å². The normalized spacial score (nSPS) is 21.4. The lowest BCUT2D eigenvalue weighted by Gasteiger charge is -2.27. The van der Waals surface area contributed by atoms with E-state index in [0.717, 1.165) is 19.4 Å². The fourth-order valence-corrected chi connectivity index (χ4v) is 2.35. The Kier molecular flexibility index (Phi) is 3.62. The number of aromatic hydroxyl groups is 1. The number of rotatable bonds is 3. The lowest BCUT2D eigenvalue weighted by atomic mass is 9.90. The molecular formula is C13H17F2NO. The van der Waals surface area contributed by atoms with Gasteiger partial charge >= 0.3 is 0 Å². The molecule has 0 spiro atoms. The van der Waals surface area contributed by atoms with Crippen LogP contribution >= 0.6 is 0 Å². The van der Waals surface area contributed by atoms with Crippen molar-refractivity contribution >= 4 is 0 Å². The summed E-state index contributed by atoms with van der Waals surface area (Å²) in [6.45, 7) is 1.56. The molecule has 2 nitrogen and oxygen atoms in total. The van der Waals surface area contributed by atoms with Gasteiger partial charge in [0, 0.05) is 6.42 Å². The number of phenols is 1. The topological polar surface area (TPSA) is 32.3 Å². The highest BCUT2D eigenvalue weighted by molar-refractivity contribution is 5.35. The van der Waals surface area contributed by atoms with Crippen LogP contribution in [-0.4, -0.2) is 18.2 Å². The van der Waals surface area contributed by atoms with E-state index in [9.17, 15) is 13.9 Å². The van der Waals surface area contributed by atoms with Gasteiger partial charge in [-0.2, -0.15) is 0 Å². The molecule has 1 saturated heterocycles. The molecule has 0 bridgehead atoms. The Morgan fingerprint density at radius 3 is 2.76 bits per heavy atom. The summed E-state index contributed by atoms with van der Waals surface area (Å²) < 4.78 is 28.0. The molecule has 1 aliphatic heterocycles. The fraction of sp³-hybridized carbons (Fsp3) is 0.538. The smallest absolute Gasteiger partial charge is 0.277 e. The first-order valence-electron chi connectivity index (χ1n) is 5.96. The summed E-state index contributed by atoms with van der Waals surface area (Å²) in [5.41, 5.74) is -0.259. The van der Waals surface area contributed by atoms with E-state index in [2.05, 4.69) is 5.32 Å². The standard InChI is InChI=1S/C13H17F2NO/c14-13(15,8-10-4-3-7-16-9-10)11-5-1-2-6-12(11)17/h1-2,5-6,10,16-17H,3-4,7-9H2. The van der Waals surface area contributed by atoms with E-state index in [4.69, 9.17) is 0 Å². The molecule has 1 atom stereocenters. The zero-order chi connectivity index (χ0) is 12.3. The average Bonchev–Trinajstić information content (AvgIpc) is 2.30. The minimum atomic E-state index is -2.95. The molecular weight excluding hydrogens is 224 g/mol. The predicted molar refractivity (Wildman–Crippen MR) is 62.2 cm³/mol. The molecule has 4 heteroatoms. The third-order valence-electron chi connectivity index (χ3n) is 3.24. The largest absolute Gasteiger partial charge is 0.507 e. The van der Waals surface area contributed by atoms with E-state index in [0.29, 0.717) is 6.54 Å². The molecule has 0 amide bonds. The molecule has 94 valence electrons. The first kappa shape index (κ1) is 12.3. The van der Waals surface area contributed by atoms with Gasteiger partial charge in [0.15, 0.2) is 0 Å². The number of hydrogen-bond acceptors (Lipinski definition) is 2. The van der Waals surface area contributed by atoms with Crippen molar-refractivity contribution in [3.8, 4) is 5.75 Å². The van der Waals surface area contributed by atoms with Gasteiger partial charge in [-0.05, 0) is 44.0 Å². The SMILES string of the molecule is Oc1ccccc1C(F)(F)CC1CCCNC1. The van der Waals surface area contributed by atoms with Crippen LogP contribution in [-0.2, 0) is 5.92 Å². The number of piperidine rings is 1. The summed E-state index contributed by atoms with van der Waals surface area (Å²) in [6.07, 6.45) is 1.58. The first-order chi connectivity index (χ1) is 8.09. The van der Waals surface area contributed by atoms with Crippen LogP contribution in [0.25, 0.3) is 0 Å². The van der Waals surface area contributed by atoms with Crippen molar-refractivity contribution in [3.05, 3.63) is 29.8 Å². The highest BCUT2D eigenvalue weighted by Crippen LogP contribution is 2.40. The van der Waals surface area contributed by atoms with Gasteiger partial charge in [0.1, 0.15) is 5.75 Å². The Labute approximate surface area is 99.7 Å². The Hall–Kier alpha value is -1.16. The number of phenolic OH excluding ortho intramolecular Hbond substituents is 1. The number of halogens is 2. The molecule has 17 heavy (non-hydrogen) atoms. The second-order valence-corrected chi connectivity index (χ2v) is 4.64. The van der Waals surface area contributed by atoms with Gasteiger partial charge in [0.05, 0.1) is 5.56 Å². The van der Waals surface area contributed by atoms with Crippen LogP contribution in [0.1, 0.15) is 24.8 Å². The molecule has 1 aromatic carbocycles. The van der Waals surface area contributed by atoms with Crippen molar-refractivity contribution < 1.29 is 13.9 Å². The van der Waals surface area contributed by atoms with E-state index < -0.39 is 5.92 Å². The minimum Gasteiger partial charge on any atom is -0.507 e. The van der Waals surface area contributed by atoms with Gasteiger partial charge in [-0.1, -0.05) is 12.1 Å². The Morgan fingerprint density at radius 2 is 2.12 bits per heavy atom. The Morgan fingerprint density at radius 1 is 1.35 bits per heavy atom. The minimum absolute atomic E-state index is 0.0154.